The van der Waals surface area contributed by atoms with Gasteiger partial charge in [-0.25, -0.2) is 0 Å². The molecule has 2 aromatic carbocycles. The minimum Gasteiger partial charge on any atom is -0.497 e. The fourth-order valence-electron chi connectivity index (χ4n) is 1.41. The van der Waals surface area contributed by atoms with Gasteiger partial charge in [0.05, 0.1) is 33.3 Å². The van der Waals surface area contributed by atoms with Crippen LogP contribution in [0.15, 0.2) is 36.3 Å². The van der Waals surface area contributed by atoms with Crippen molar-refractivity contribution in [3.8, 4) is 5.75 Å². The molecular weight excluding hydrogens is 292 g/mol. The summed E-state index contributed by atoms with van der Waals surface area (Å²) < 4.78 is 158. The second-order valence-corrected chi connectivity index (χ2v) is 3.83. The Morgan fingerprint density at radius 1 is 1.22 bits per heavy atom. The van der Waals surface area contributed by atoms with E-state index in [1.807, 2.05) is 0 Å². The van der Waals surface area contributed by atoms with Gasteiger partial charge in [0.1, 0.15) is 5.75 Å². The maximum absolute atomic E-state index is 13.3. The number of carbonyl (C=O) groups is 1. The van der Waals surface area contributed by atoms with Crippen molar-refractivity contribution in [3.05, 3.63) is 41.8 Å². The second kappa shape index (κ2) is 8.53. The lowest BCUT2D eigenvalue weighted by Crippen LogP contribution is -2.14. The molecule has 0 spiro atoms. The highest BCUT2D eigenvalue weighted by molar-refractivity contribution is 5.86. The normalized spacial score (nSPS) is 27.9. The summed E-state index contributed by atoms with van der Waals surface area (Å²) in [6.45, 7) is -11.7. The van der Waals surface area contributed by atoms with Crippen LogP contribution in [-0.2, 0) is 14.3 Å². The van der Waals surface area contributed by atoms with Crippen LogP contribution < -0.4 is 4.74 Å². The molecule has 0 N–H and O–H groups in total. The first-order valence-corrected chi connectivity index (χ1v) is 6.09. The van der Waals surface area contributed by atoms with Crippen LogP contribution in [0.1, 0.15) is 55.7 Å². The number of methoxy groups -OCH3 is 2. The summed E-state index contributed by atoms with van der Waals surface area (Å²) in [6, 6.07) is -6.00. The Kier molecular flexibility index (Phi) is 1.93. The molecule has 1 atom stereocenters. The number of ether oxygens (including phenoxy) is 3. The minimum absolute atomic E-state index is 0.518. The number of hydrogen-bond donors (Lipinski definition) is 0. The number of carbonyl (C=O) groups excluding carboxylic acids is 1. The lowest BCUT2D eigenvalue weighted by atomic mass is 9.98. The predicted molar refractivity (Wildman–Crippen MR) is 91.0 cm³/mol. The van der Waals surface area contributed by atoms with Gasteiger partial charge in [-0.3, -0.25) is 4.79 Å². The highest BCUT2D eigenvalue weighted by Crippen LogP contribution is 2.25. The van der Waals surface area contributed by atoms with E-state index >= 15 is 0 Å². The molecule has 0 aliphatic rings. The largest absolute Gasteiger partial charge is 0.497 e. The lowest BCUT2D eigenvalue weighted by molar-refractivity contribution is -0.145. The van der Waals surface area contributed by atoms with Crippen LogP contribution in [0, 0.1) is 0 Å². The SMILES string of the molecule is [2H]c1c([C@@]([2H])(C(=O)OC([2H])([2H])C([2H])([2H])C([2H])([2H])C([2H])([2H])OC)C([2H])([2H])[2H])c([2H])c2c([2H])c([2H])c(OC)c([2H])c2c1[2H]. The Morgan fingerprint density at radius 2 is 1.96 bits per heavy atom. The first-order valence-electron chi connectivity index (χ1n) is 15.1. The fraction of sp³-hybridized carbons (Fsp3) is 0.421. The Morgan fingerprint density at radius 3 is 2.70 bits per heavy atom. The van der Waals surface area contributed by atoms with Gasteiger partial charge < -0.3 is 14.2 Å². The Bertz CT molecular complexity index is 1390. The quantitative estimate of drug-likeness (QED) is 0.686. The number of benzene rings is 2. The van der Waals surface area contributed by atoms with E-state index in [4.69, 9.17) is 29.4 Å². The summed E-state index contributed by atoms with van der Waals surface area (Å²) in [7, 11) is 1.69. The van der Waals surface area contributed by atoms with Crippen LogP contribution in [0.2, 0.25) is 0 Å². The first-order chi connectivity index (χ1) is 18.2. The first kappa shape index (κ1) is 5.21. The van der Waals surface area contributed by atoms with Crippen LogP contribution in [0.3, 0.4) is 0 Å². The summed E-state index contributed by atoms with van der Waals surface area (Å²) in [5.74, 6) is -6.98. The van der Waals surface area contributed by atoms with Crippen molar-refractivity contribution in [2.24, 2.45) is 0 Å². The molecule has 0 fully saturated rings. The number of hydrogen-bond acceptors (Lipinski definition) is 4. The molecule has 0 heterocycles. The molecule has 4 nitrogen and oxygen atoms in total. The van der Waals surface area contributed by atoms with E-state index in [1.54, 1.807) is 0 Å². The monoisotopic (exact) mass is 334 g/mol. The topological polar surface area (TPSA) is 44.8 Å². The van der Waals surface area contributed by atoms with Gasteiger partial charge in [-0.1, -0.05) is 24.2 Å². The molecule has 124 valence electrons. The van der Waals surface area contributed by atoms with Crippen molar-refractivity contribution in [1.82, 2.24) is 0 Å². The molecule has 2 aromatic rings. The van der Waals surface area contributed by atoms with Crippen LogP contribution in [0.5, 0.6) is 5.75 Å². The number of esters is 1. The highest BCUT2D eigenvalue weighted by atomic mass is 16.5. The average Bonchev–Trinajstić information content (AvgIpc) is 2.83. The summed E-state index contributed by atoms with van der Waals surface area (Å²) in [5.41, 5.74) is -1.43. The molecule has 2 rings (SSSR count). The highest BCUT2D eigenvalue weighted by Gasteiger charge is 2.17. The third kappa shape index (κ3) is 4.70. The smallest absolute Gasteiger partial charge is 0.313 e. The third-order valence-electron chi connectivity index (χ3n) is 2.42. The Labute approximate surface area is 162 Å². The van der Waals surface area contributed by atoms with Crippen LogP contribution in [0.25, 0.3) is 10.8 Å². The van der Waals surface area contributed by atoms with Crippen molar-refractivity contribution >= 4 is 16.7 Å². The van der Waals surface area contributed by atoms with Crippen molar-refractivity contribution in [2.75, 3.05) is 27.3 Å². The Balaban J connectivity index is 2.95. The summed E-state index contributed by atoms with van der Waals surface area (Å²) >= 11 is 0. The van der Waals surface area contributed by atoms with Gasteiger partial charge >= 0.3 is 5.97 Å². The molecule has 0 saturated carbocycles. The van der Waals surface area contributed by atoms with Crippen LogP contribution in [0.4, 0.5) is 0 Å². The predicted octanol–water partition coefficient (Wildman–Crippen LogP) is 3.92. The number of fused-ring (bicyclic) bond motifs is 1. The van der Waals surface area contributed by atoms with Gasteiger partial charge in [-0.15, -0.1) is 0 Å². The zero-order valence-electron chi connectivity index (χ0n) is 30.1. The molecule has 0 radical (unpaired) electrons. The van der Waals surface area contributed by atoms with Gasteiger partial charge in [0.25, 0.3) is 0 Å². The van der Waals surface area contributed by atoms with Crippen molar-refractivity contribution in [2.45, 2.75) is 25.5 Å². The molecule has 0 aliphatic heterocycles. The molecule has 4 heteroatoms. The van der Waals surface area contributed by atoms with E-state index in [9.17, 15) is 4.79 Å². The standard InChI is InChI=1S/C19H24O4/c1-14(19(20)23-11-5-4-10-21-2)15-6-7-17-13-18(22-3)9-8-16(17)12-15/h6-9,12-14H,4-5,10-11H2,1-3H3/t14-/m0/s1/i1D3,4D2,5D2,6D,7D,8D,9D,10D2,11D2,12D,13D,14D. The van der Waals surface area contributed by atoms with E-state index < -0.39 is 103 Å². The zero-order chi connectivity index (χ0) is 32.5. The van der Waals surface area contributed by atoms with E-state index in [1.165, 1.54) is 0 Å². The van der Waals surface area contributed by atoms with Gasteiger partial charge in [-0.05, 0) is 48.0 Å². The maximum Gasteiger partial charge on any atom is 0.313 e. The van der Waals surface area contributed by atoms with Crippen molar-refractivity contribution < 1.29 is 43.7 Å². The van der Waals surface area contributed by atoms with Crippen molar-refractivity contribution in [3.63, 3.8) is 0 Å². The summed E-state index contributed by atoms with van der Waals surface area (Å²) in [4.78, 5) is 13.3. The molecule has 0 bridgehead atoms. The van der Waals surface area contributed by atoms with E-state index in [2.05, 4.69) is 9.47 Å². The van der Waals surface area contributed by atoms with E-state index in [0.717, 1.165) is 7.11 Å². The van der Waals surface area contributed by atoms with E-state index in [-0.39, 0.29) is 0 Å². The number of rotatable bonds is 8. The molecular formula is C19H24O4. The van der Waals surface area contributed by atoms with Gasteiger partial charge in [0.15, 0.2) is 0 Å². The van der Waals surface area contributed by atoms with Gasteiger partial charge in [0.2, 0.25) is 0 Å². The molecule has 0 unspecified atom stereocenters. The Hall–Kier alpha value is -2.07. The third-order valence-corrected chi connectivity index (χ3v) is 2.42. The maximum atomic E-state index is 13.3. The molecule has 23 heavy (non-hydrogen) atoms. The lowest BCUT2D eigenvalue weighted by Gasteiger charge is -2.13. The molecule has 0 saturated heterocycles. The average molecular weight is 335 g/mol. The minimum atomic E-state index is -4.21. The van der Waals surface area contributed by atoms with Gasteiger partial charge in [0, 0.05) is 24.6 Å². The summed E-state index contributed by atoms with van der Waals surface area (Å²) in [5, 5.41) is -1.40. The van der Waals surface area contributed by atoms with Gasteiger partial charge in [-0.2, -0.15) is 0 Å². The zero-order valence-corrected chi connectivity index (χ0v) is 12.1. The van der Waals surface area contributed by atoms with Crippen molar-refractivity contribution in [1.29, 1.82) is 0 Å². The summed E-state index contributed by atoms with van der Waals surface area (Å²) in [6.07, 6.45) is -8.02. The molecule has 0 aliphatic carbocycles. The molecule has 0 amide bonds. The van der Waals surface area contributed by atoms with E-state index in [0.29, 0.717) is 7.11 Å². The van der Waals surface area contributed by atoms with Crippen LogP contribution >= 0.6 is 0 Å². The second-order valence-electron chi connectivity index (χ2n) is 3.83. The fourth-order valence-corrected chi connectivity index (χ4v) is 1.41. The van der Waals surface area contributed by atoms with Crippen LogP contribution in [-0.4, -0.2) is 33.3 Å². The molecule has 0 aromatic heterocycles.